The van der Waals surface area contributed by atoms with Gasteiger partial charge in [0.2, 0.25) is 5.91 Å². The van der Waals surface area contributed by atoms with Crippen LogP contribution in [0.1, 0.15) is 24.8 Å². The predicted octanol–water partition coefficient (Wildman–Crippen LogP) is 2.00. The Morgan fingerprint density at radius 1 is 0.852 bits per heavy atom. The SMILES string of the molecule is COc1ccc(CC(=O)N2CCN(C(=O)N3CCCCC3)CC2)c(OC)c1. The minimum Gasteiger partial charge on any atom is -0.497 e. The van der Waals surface area contributed by atoms with Gasteiger partial charge >= 0.3 is 6.03 Å². The van der Waals surface area contributed by atoms with Crippen LogP contribution in [0.4, 0.5) is 4.79 Å². The lowest BCUT2D eigenvalue weighted by Gasteiger charge is -2.38. The van der Waals surface area contributed by atoms with Gasteiger partial charge in [0.25, 0.3) is 0 Å². The molecule has 0 bridgehead atoms. The summed E-state index contributed by atoms with van der Waals surface area (Å²) in [4.78, 5) is 30.9. The van der Waals surface area contributed by atoms with Gasteiger partial charge in [-0.1, -0.05) is 6.07 Å². The smallest absolute Gasteiger partial charge is 0.320 e. The van der Waals surface area contributed by atoms with E-state index in [9.17, 15) is 9.59 Å². The van der Waals surface area contributed by atoms with Crippen LogP contribution < -0.4 is 9.47 Å². The highest BCUT2D eigenvalue weighted by Crippen LogP contribution is 2.25. The fraction of sp³-hybridized carbons (Fsp3) is 0.600. The van der Waals surface area contributed by atoms with Gasteiger partial charge in [-0.15, -0.1) is 0 Å². The Balaban J connectivity index is 1.53. The van der Waals surface area contributed by atoms with E-state index in [0.29, 0.717) is 37.7 Å². The molecule has 7 nitrogen and oxygen atoms in total. The van der Waals surface area contributed by atoms with E-state index in [1.54, 1.807) is 20.3 Å². The van der Waals surface area contributed by atoms with Crippen molar-refractivity contribution in [2.24, 2.45) is 0 Å². The molecule has 2 aliphatic heterocycles. The van der Waals surface area contributed by atoms with E-state index in [2.05, 4.69) is 0 Å². The van der Waals surface area contributed by atoms with E-state index in [1.165, 1.54) is 6.42 Å². The van der Waals surface area contributed by atoms with Gasteiger partial charge in [0, 0.05) is 50.9 Å². The highest BCUT2D eigenvalue weighted by atomic mass is 16.5. The topological polar surface area (TPSA) is 62.3 Å². The number of carbonyl (C=O) groups is 2. The first-order valence-corrected chi connectivity index (χ1v) is 9.65. The second-order valence-corrected chi connectivity index (χ2v) is 7.05. The van der Waals surface area contributed by atoms with Crippen LogP contribution in [0.3, 0.4) is 0 Å². The van der Waals surface area contributed by atoms with E-state index in [4.69, 9.17) is 9.47 Å². The van der Waals surface area contributed by atoms with E-state index < -0.39 is 0 Å². The molecular formula is C20H29N3O4. The molecule has 0 saturated carbocycles. The molecule has 2 fully saturated rings. The van der Waals surface area contributed by atoms with Crippen LogP contribution in [0.5, 0.6) is 11.5 Å². The molecule has 0 N–H and O–H groups in total. The van der Waals surface area contributed by atoms with Crippen LogP contribution in [-0.4, -0.2) is 80.1 Å². The highest BCUT2D eigenvalue weighted by molar-refractivity contribution is 5.80. The van der Waals surface area contributed by atoms with Crippen molar-refractivity contribution in [2.45, 2.75) is 25.7 Å². The number of carbonyl (C=O) groups excluding carboxylic acids is 2. The molecule has 2 aliphatic rings. The Kier molecular flexibility index (Phi) is 6.42. The van der Waals surface area contributed by atoms with Crippen molar-refractivity contribution < 1.29 is 19.1 Å². The van der Waals surface area contributed by atoms with Crippen molar-refractivity contribution in [1.29, 1.82) is 0 Å². The average Bonchev–Trinajstić information content (AvgIpc) is 2.74. The van der Waals surface area contributed by atoms with Crippen LogP contribution in [-0.2, 0) is 11.2 Å². The van der Waals surface area contributed by atoms with Crippen LogP contribution in [0, 0.1) is 0 Å². The van der Waals surface area contributed by atoms with Crippen LogP contribution >= 0.6 is 0 Å². The summed E-state index contributed by atoms with van der Waals surface area (Å²) in [6, 6.07) is 5.61. The molecular weight excluding hydrogens is 346 g/mol. The van der Waals surface area contributed by atoms with Gasteiger partial charge in [0.15, 0.2) is 0 Å². The van der Waals surface area contributed by atoms with E-state index in [1.807, 2.05) is 26.8 Å². The highest BCUT2D eigenvalue weighted by Gasteiger charge is 2.28. The molecule has 0 spiro atoms. The first-order valence-electron chi connectivity index (χ1n) is 9.65. The molecule has 0 radical (unpaired) electrons. The first kappa shape index (κ1) is 19.3. The fourth-order valence-electron chi connectivity index (χ4n) is 3.70. The Labute approximate surface area is 160 Å². The molecule has 1 aromatic carbocycles. The summed E-state index contributed by atoms with van der Waals surface area (Å²) < 4.78 is 10.6. The average molecular weight is 375 g/mol. The molecule has 0 unspecified atom stereocenters. The summed E-state index contributed by atoms with van der Waals surface area (Å²) >= 11 is 0. The maximum atomic E-state index is 12.7. The van der Waals surface area contributed by atoms with Gasteiger partial charge in [0.05, 0.1) is 20.6 Å². The van der Waals surface area contributed by atoms with Gasteiger partial charge in [-0.25, -0.2) is 4.79 Å². The van der Waals surface area contributed by atoms with Gasteiger partial charge in [0.1, 0.15) is 11.5 Å². The van der Waals surface area contributed by atoms with E-state index in [0.717, 1.165) is 31.5 Å². The third-order valence-corrected chi connectivity index (χ3v) is 5.37. The molecule has 148 valence electrons. The number of likely N-dealkylation sites (tertiary alicyclic amines) is 1. The number of methoxy groups -OCH3 is 2. The second-order valence-electron chi connectivity index (χ2n) is 7.05. The number of nitrogens with zero attached hydrogens (tertiary/aromatic N) is 3. The monoisotopic (exact) mass is 375 g/mol. The number of piperazine rings is 1. The Morgan fingerprint density at radius 2 is 1.48 bits per heavy atom. The number of amides is 3. The molecule has 1 aromatic rings. The van der Waals surface area contributed by atoms with Gasteiger partial charge in [-0.3, -0.25) is 4.79 Å². The fourth-order valence-corrected chi connectivity index (χ4v) is 3.70. The minimum atomic E-state index is 0.0588. The zero-order valence-electron chi connectivity index (χ0n) is 16.3. The molecule has 2 heterocycles. The second kappa shape index (κ2) is 8.97. The molecule has 0 aliphatic carbocycles. The van der Waals surface area contributed by atoms with Crippen molar-refractivity contribution in [3.05, 3.63) is 23.8 Å². The zero-order chi connectivity index (χ0) is 19.2. The van der Waals surface area contributed by atoms with Gasteiger partial charge in [-0.2, -0.15) is 0 Å². The van der Waals surface area contributed by atoms with Crippen molar-refractivity contribution in [3.63, 3.8) is 0 Å². The minimum absolute atomic E-state index is 0.0588. The first-order chi connectivity index (χ1) is 13.1. The van der Waals surface area contributed by atoms with Gasteiger partial charge < -0.3 is 24.2 Å². The molecule has 27 heavy (non-hydrogen) atoms. The standard InChI is InChI=1S/C20H29N3O4/c1-26-17-7-6-16(18(15-17)27-2)14-19(24)21-10-12-23(13-11-21)20(25)22-8-4-3-5-9-22/h6-7,15H,3-5,8-14H2,1-2H3. The van der Waals surface area contributed by atoms with E-state index >= 15 is 0 Å². The van der Waals surface area contributed by atoms with Crippen molar-refractivity contribution >= 4 is 11.9 Å². The maximum Gasteiger partial charge on any atom is 0.320 e. The lowest BCUT2D eigenvalue weighted by Crippen LogP contribution is -2.54. The predicted molar refractivity (Wildman–Crippen MR) is 102 cm³/mol. The zero-order valence-corrected chi connectivity index (χ0v) is 16.3. The number of hydrogen-bond acceptors (Lipinski definition) is 4. The molecule has 0 aromatic heterocycles. The molecule has 3 amide bonds. The maximum absolute atomic E-state index is 12.7. The molecule has 0 atom stereocenters. The third kappa shape index (κ3) is 4.64. The third-order valence-electron chi connectivity index (χ3n) is 5.37. The van der Waals surface area contributed by atoms with Crippen molar-refractivity contribution in [3.8, 4) is 11.5 Å². The summed E-state index contributed by atoms with van der Waals surface area (Å²) in [7, 11) is 3.19. The summed E-state index contributed by atoms with van der Waals surface area (Å²) in [5.74, 6) is 1.41. The summed E-state index contributed by atoms with van der Waals surface area (Å²) in [6.07, 6.45) is 3.68. The number of benzene rings is 1. The van der Waals surface area contributed by atoms with Crippen LogP contribution in [0.2, 0.25) is 0 Å². The normalized spacial score (nSPS) is 17.6. The summed E-state index contributed by atoms with van der Waals surface area (Å²) in [5.41, 5.74) is 0.843. The Bertz CT molecular complexity index is 665. The Morgan fingerprint density at radius 3 is 2.11 bits per heavy atom. The summed E-state index contributed by atoms with van der Waals surface area (Å²) in [5, 5.41) is 0. The lowest BCUT2D eigenvalue weighted by atomic mass is 10.1. The Hall–Kier alpha value is -2.44. The van der Waals surface area contributed by atoms with Crippen molar-refractivity contribution in [2.75, 3.05) is 53.5 Å². The number of piperidine rings is 1. The van der Waals surface area contributed by atoms with E-state index in [-0.39, 0.29) is 18.4 Å². The number of ether oxygens (including phenoxy) is 2. The molecule has 3 rings (SSSR count). The lowest BCUT2D eigenvalue weighted by molar-refractivity contribution is -0.132. The largest absolute Gasteiger partial charge is 0.497 e. The quantitative estimate of drug-likeness (QED) is 0.808. The molecule has 7 heteroatoms. The number of urea groups is 1. The number of hydrogen-bond donors (Lipinski definition) is 0. The van der Waals surface area contributed by atoms with Crippen LogP contribution in [0.25, 0.3) is 0 Å². The molecule has 2 saturated heterocycles. The van der Waals surface area contributed by atoms with Crippen molar-refractivity contribution in [1.82, 2.24) is 14.7 Å². The van der Waals surface area contributed by atoms with Gasteiger partial charge in [-0.05, 0) is 25.3 Å². The number of rotatable bonds is 4. The van der Waals surface area contributed by atoms with Crippen LogP contribution in [0.15, 0.2) is 18.2 Å². The summed E-state index contributed by atoms with van der Waals surface area (Å²) in [6.45, 7) is 4.07.